The number of hydrogen-bond donors (Lipinski definition) is 2. The van der Waals surface area contributed by atoms with Crippen LogP contribution in [0.3, 0.4) is 0 Å². The minimum atomic E-state index is -0.0896. The molecule has 0 radical (unpaired) electrons. The van der Waals surface area contributed by atoms with Crippen molar-refractivity contribution in [3.63, 3.8) is 0 Å². The molecule has 0 bridgehead atoms. The first kappa shape index (κ1) is 18.1. The zero-order valence-corrected chi connectivity index (χ0v) is 17.2. The maximum atomic E-state index is 12.3. The molecule has 0 saturated heterocycles. The summed E-state index contributed by atoms with van der Waals surface area (Å²) in [6.45, 7) is 7.07. The van der Waals surface area contributed by atoms with Crippen LogP contribution in [-0.2, 0) is 5.41 Å². The summed E-state index contributed by atoms with van der Waals surface area (Å²) in [7, 11) is 2.15. The Morgan fingerprint density at radius 2 is 2.00 bits per heavy atom. The number of nitrogens with zero attached hydrogens (tertiary/aromatic N) is 2. The Morgan fingerprint density at radius 3 is 2.79 bits per heavy atom. The number of hydrogen-bond acceptors (Lipinski definition) is 3. The van der Waals surface area contributed by atoms with Crippen molar-refractivity contribution in [2.75, 3.05) is 26.7 Å². The van der Waals surface area contributed by atoms with Crippen molar-refractivity contribution < 1.29 is 4.79 Å². The van der Waals surface area contributed by atoms with Crippen LogP contribution in [0.2, 0.25) is 0 Å². The normalized spacial score (nSPS) is 19.0. The van der Waals surface area contributed by atoms with Gasteiger partial charge in [0.15, 0.2) is 0 Å². The smallest absolute Gasteiger partial charge is 0.251 e. The van der Waals surface area contributed by atoms with Gasteiger partial charge in [0, 0.05) is 54.0 Å². The van der Waals surface area contributed by atoms with E-state index in [0.717, 1.165) is 52.8 Å². The zero-order valence-electron chi connectivity index (χ0n) is 17.2. The third-order valence-corrected chi connectivity index (χ3v) is 6.31. The maximum Gasteiger partial charge on any atom is 0.251 e. The van der Waals surface area contributed by atoms with E-state index in [9.17, 15) is 4.79 Å². The van der Waals surface area contributed by atoms with Gasteiger partial charge in [-0.1, -0.05) is 26.0 Å². The van der Waals surface area contributed by atoms with Crippen molar-refractivity contribution in [3.05, 3.63) is 59.4 Å². The highest BCUT2D eigenvalue weighted by atomic mass is 16.1. The van der Waals surface area contributed by atoms with E-state index in [4.69, 9.17) is 0 Å². The summed E-state index contributed by atoms with van der Waals surface area (Å²) < 4.78 is 0. The number of carbonyl (C=O) groups excluding carboxylic acids is 1. The number of nitrogens with one attached hydrogen (secondary N) is 2. The second-order valence-corrected chi connectivity index (χ2v) is 8.89. The number of carbonyl (C=O) groups is 1. The fraction of sp³-hybridized carbons (Fsp3) is 0.333. The second-order valence-electron chi connectivity index (χ2n) is 8.89. The molecule has 1 aromatic carbocycles. The van der Waals surface area contributed by atoms with E-state index in [1.54, 1.807) is 0 Å². The Balaban J connectivity index is 1.61. The molecule has 0 saturated carbocycles. The number of benzene rings is 1. The molecule has 0 aliphatic carbocycles. The molecule has 1 amide bonds. The summed E-state index contributed by atoms with van der Waals surface area (Å²) in [6.07, 6.45) is 7.35. The van der Waals surface area contributed by atoms with E-state index in [0.29, 0.717) is 6.54 Å². The third-order valence-electron chi connectivity index (χ3n) is 6.31. The van der Waals surface area contributed by atoms with Gasteiger partial charge in [-0.15, -0.1) is 0 Å². The summed E-state index contributed by atoms with van der Waals surface area (Å²) in [4.78, 5) is 22.6. The van der Waals surface area contributed by atoms with E-state index in [-0.39, 0.29) is 11.3 Å². The van der Waals surface area contributed by atoms with Crippen molar-refractivity contribution in [1.29, 1.82) is 0 Å². The summed E-state index contributed by atoms with van der Waals surface area (Å²) >= 11 is 0. The van der Waals surface area contributed by atoms with Crippen molar-refractivity contribution in [3.8, 4) is 11.1 Å². The number of rotatable bonds is 2. The molecule has 4 heterocycles. The monoisotopic (exact) mass is 386 g/mol. The number of likely N-dealkylation sites (N-methyl/N-ethyl adjacent to an activating group) is 1. The first-order chi connectivity index (χ1) is 13.9. The molecule has 5 rings (SSSR count). The van der Waals surface area contributed by atoms with E-state index < -0.39 is 0 Å². The molecule has 5 heteroatoms. The molecule has 29 heavy (non-hydrogen) atoms. The fourth-order valence-corrected chi connectivity index (χ4v) is 4.41. The molecule has 2 aromatic heterocycles. The number of fused-ring (bicyclic) bond motifs is 2. The Morgan fingerprint density at radius 1 is 1.14 bits per heavy atom. The lowest BCUT2D eigenvalue weighted by Gasteiger charge is -2.32. The third kappa shape index (κ3) is 3.06. The van der Waals surface area contributed by atoms with Gasteiger partial charge in [-0.3, -0.25) is 4.79 Å². The zero-order chi connectivity index (χ0) is 20.2. The van der Waals surface area contributed by atoms with Crippen LogP contribution in [0.4, 0.5) is 0 Å². The lowest BCUT2D eigenvalue weighted by Crippen LogP contribution is -2.43. The van der Waals surface area contributed by atoms with Crippen molar-refractivity contribution in [2.24, 2.45) is 0 Å². The van der Waals surface area contributed by atoms with Gasteiger partial charge in [-0.2, -0.15) is 0 Å². The molecule has 0 spiro atoms. The van der Waals surface area contributed by atoms with Crippen LogP contribution < -0.4 is 5.32 Å². The molecule has 0 atom stereocenters. The molecule has 5 nitrogen and oxygen atoms in total. The standard InChI is InChI=1S/C24H26N4O/c1-24(2)14-27-23(29)18-5-4-16(11-21(18)24)20-13-26-22-19(20)10-17(12-25-22)15-6-8-28(3)9-7-15/h4-6,10-13H,7-9,14H2,1-3H3,(H,25,26)(H,27,29). The number of H-pyrrole nitrogens is 1. The van der Waals surface area contributed by atoms with Crippen LogP contribution in [0.1, 0.15) is 41.8 Å². The van der Waals surface area contributed by atoms with Gasteiger partial charge in [0.25, 0.3) is 5.91 Å². The summed E-state index contributed by atoms with van der Waals surface area (Å²) in [5, 5.41) is 4.12. The quantitative estimate of drug-likeness (QED) is 0.701. The van der Waals surface area contributed by atoms with Crippen molar-refractivity contribution in [2.45, 2.75) is 25.7 Å². The predicted molar refractivity (Wildman–Crippen MR) is 117 cm³/mol. The Hall–Kier alpha value is -2.92. The Bertz CT molecular complexity index is 1150. The van der Waals surface area contributed by atoms with Crippen molar-refractivity contribution >= 4 is 22.5 Å². The topological polar surface area (TPSA) is 61.0 Å². The molecule has 3 aromatic rings. The van der Waals surface area contributed by atoms with Gasteiger partial charge in [0.1, 0.15) is 5.65 Å². The summed E-state index contributed by atoms with van der Waals surface area (Å²) in [5.74, 6) is 0.0166. The molecule has 0 fully saturated rings. The van der Waals surface area contributed by atoms with E-state index in [2.05, 4.69) is 59.3 Å². The molecule has 2 aliphatic heterocycles. The Labute approximate surface area is 170 Å². The van der Waals surface area contributed by atoms with Crippen molar-refractivity contribution in [1.82, 2.24) is 20.2 Å². The van der Waals surface area contributed by atoms with E-state index >= 15 is 0 Å². The molecule has 0 unspecified atom stereocenters. The number of pyridine rings is 1. The van der Waals surface area contributed by atoms with Crippen LogP contribution >= 0.6 is 0 Å². The van der Waals surface area contributed by atoms with Gasteiger partial charge < -0.3 is 15.2 Å². The molecular weight excluding hydrogens is 360 g/mol. The van der Waals surface area contributed by atoms with Crippen LogP contribution in [0.5, 0.6) is 0 Å². The lowest BCUT2D eigenvalue weighted by molar-refractivity contribution is 0.0930. The fourth-order valence-electron chi connectivity index (χ4n) is 4.41. The van der Waals surface area contributed by atoms with Crippen LogP contribution in [0.25, 0.3) is 27.7 Å². The molecule has 148 valence electrons. The van der Waals surface area contributed by atoms with Gasteiger partial charge in [-0.05, 0) is 53.9 Å². The highest BCUT2D eigenvalue weighted by molar-refractivity contribution is 6.00. The summed E-state index contributed by atoms with van der Waals surface area (Å²) in [6, 6.07) is 8.43. The summed E-state index contributed by atoms with van der Waals surface area (Å²) in [5.41, 5.74) is 7.51. The largest absolute Gasteiger partial charge is 0.351 e. The van der Waals surface area contributed by atoms with Crippen LogP contribution in [0, 0.1) is 0 Å². The Kier molecular flexibility index (Phi) is 4.10. The maximum absolute atomic E-state index is 12.3. The number of aromatic amines is 1. The average molecular weight is 386 g/mol. The van der Waals surface area contributed by atoms with Gasteiger partial charge in [-0.25, -0.2) is 4.98 Å². The number of aromatic nitrogens is 2. The first-order valence-corrected chi connectivity index (χ1v) is 10.2. The van der Waals surface area contributed by atoms with Crippen LogP contribution in [-0.4, -0.2) is 47.5 Å². The lowest BCUT2D eigenvalue weighted by atomic mass is 9.78. The van der Waals surface area contributed by atoms with Gasteiger partial charge in [0.05, 0.1) is 0 Å². The molecule has 2 N–H and O–H groups in total. The predicted octanol–water partition coefficient (Wildman–Crippen LogP) is 3.97. The molecule has 2 aliphatic rings. The van der Waals surface area contributed by atoms with Gasteiger partial charge >= 0.3 is 0 Å². The average Bonchev–Trinajstić information content (AvgIpc) is 3.15. The minimum absolute atomic E-state index is 0.0166. The SMILES string of the molecule is CN1CC=C(c2cnc3[nH]cc(-c4ccc5c(c4)C(C)(C)CNC5=O)c3c2)CC1. The molecular formula is C24H26N4O. The highest BCUT2D eigenvalue weighted by Crippen LogP contribution is 2.36. The minimum Gasteiger partial charge on any atom is -0.351 e. The van der Waals surface area contributed by atoms with E-state index in [1.165, 1.54) is 11.1 Å². The second kappa shape index (κ2) is 6.56. The number of amides is 1. The van der Waals surface area contributed by atoms with E-state index in [1.807, 2.05) is 24.5 Å². The first-order valence-electron chi connectivity index (χ1n) is 10.2. The highest BCUT2D eigenvalue weighted by Gasteiger charge is 2.31. The van der Waals surface area contributed by atoms with Gasteiger partial charge in [0.2, 0.25) is 0 Å². The van der Waals surface area contributed by atoms with Crippen LogP contribution in [0.15, 0.2) is 42.7 Å².